The van der Waals surface area contributed by atoms with Gasteiger partial charge in [0.1, 0.15) is 0 Å². The van der Waals surface area contributed by atoms with Gasteiger partial charge in [0.15, 0.2) is 11.5 Å². The minimum Gasteiger partial charge on any atom is -0.454 e. The number of fused-ring (bicyclic) bond motifs is 2. The Hall–Kier alpha value is -3.10. The zero-order valence-electron chi connectivity index (χ0n) is 15.8. The monoisotopic (exact) mass is 412 g/mol. The number of ether oxygens (including phenoxy) is 2. The summed E-state index contributed by atoms with van der Waals surface area (Å²) in [5.41, 5.74) is 0.836. The molecule has 1 amide bonds. The van der Waals surface area contributed by atoms with Crippen LogP contribution < -0.4 is 14.8 Å². The first-order chi connectivity index (χ1) is 13.9. The number of hydrogen-bond donors (Lipinski definition) is 1. The Morgan fingerprint density at radius 2 is 1.76 bits per heavy atom. The first-order valence-electron chi connectivity index (χ1n) is 9.04. The largest absolute Gasteiger partial charge is 0.454 e. The molecule has 7 nitrogen and oxygen atoms in total. The van der Waals surface area contributed by atoms with E-state index < -0.39 is 15.9 Å². The smallest absolute Gasteiger partial charge is 0.243 e. The van der Waals surface area contributed by atoms with Gasteiger partial charge in [0.25, 0.3) is 0 Å². The van der Waals surface area contributed by atoms with Crippen molar-refractivity contribution in [2.75, 3.05) is 20.4 Å². The van der Waals surface area contributed by atoms with Gasteiger partial charge in [-0.05, 0) is 40.6 Å². The van der Waals surface area contributed by atoms with E-state index in [1.165, 1.54) is 7.05 Å². The second kappa shape index (κ2) is 7.73. The van der Waals surface area contributed by atoms with Crippen molar-refractivity contribution in [2.45, 2.75) is 11.4 Å². The quantitative estimate of drug-likeness (QED) is 0.673. The number of likely N-dealkylation sites (N-methyl/N-ethyl adjacent to an activating group) is 1. The van der Waals surface area contributed by atoms with Crippen LogP contribution >= 0.6 is 0 Å². The van der Waals surface area contributed by atoms with Crippen LogP contribution in [0.25, 0.3) is 10.8 Å². The van der Waals surface area contributed by atoms with Gasteiger partial charge >= 0.3 is 0 Å². The second-order valence-electron chi connectivity index (χ2n) is 6.73. The second-order valence-corrected chi connectivity index (χ2v) is 8.78. The molecule has 0 spiro atoms. The summed E-state index contributed by atoms with van der Waals surface area (Å²) in [5, 5.41) is 4.52. The van der Waals surface area contributed by atoms with E-state index in [-0.39, 0.29) is 24.8 Å². The molecule has 8 heteroatoms. The summed E-state index contributed by atoms with van der Waals surface area (Å²) in [6.07, 6.45) is 0. The molecular formula is C21H20N2O5S. The average Bonchev–Trinajstić information content (AvgIpc) is 3.19. The van der Waals surface area contributed by atoms with Crippen LogP contribution in [0.4, 0.5) is 0 Å². The Morgan fingerprint density at radius 3 is 2.59 bits per heavy atom. The Kier molecular flexibility index (Phi) is 5.12. The van der Waals surface area contributed by atoms with E-state index in [9.17, 15) is 13.2 Å². The lowest BCUT2D eigenvalue weighted by atomic mass is 10.1. The normalized spacial score (nSPS) is 13.0. The molecule has 29 heavy (non-hydrogen) atoms. The molecule has 3 aromatic carbocycles. The van der Waals surface area contributed by atoms with Gasteiger partial charge in [0.05, 0.1) is 11.4 Å². The van der Waals surface area contributed by atoms with Gasteiger partial charge in [-0.3, -0.25) is 4.79 Å². The summed E-state index contributed by atoms with van der Waals surface area (Å²) in [4.78, 5) is 12.4. The predicted octanol–water partition coefficient (Wildman–Crippen LogP) is 2.51. The third-order valence-corrected chi connectivity index (χ3v) is 6.52. The van der Waals surface area contributed by atoms with Crippen molar-refractivity contribution in [3.63, 3.8) is 0 Å². The van der Waals surface area contributed by atoms with Crippen molar-refractivity contribution in [3.05, 3.63) is 66.2 Å². The maximum atomic E-state index is 12.8. The predicted molar refractivity (Wildman–Crippen MR) is 108 cm³/mol. The summed E-state index contributed by atoms with van der Waals surface area (Å²) < 4.78 is 37.3. The SMILES string of the molecule is CN(CC(=O)NCc1ccc2c(c1)OCO2)S(=O)(=O)c1ccc2ccccc2c1. The summed E-state index contributed by atoms with van der Waals surface area (Å²) in [6.45, 7) is 0.168. The molecule has 0 fully saturated rings. The number of sulfonamides is 1. The van der Waals surface area contributed by atoms with Crippen LogP contribution in [0, 0.1) is 0 Å². The number of amides is 1. The summed E-state index contributed by atoms with van der Waals surface area (Å²) in [6, 6.07) is 17.8. The molecule has 1 aliphatic rings. The molecule has 1 aliphatic heterocycles. The molecule has 0 saturated heterocycles. The van der Waals surface area contributed by atoms with Crippen LogP contribution in [-0.4, -0.2) is 39.0 Å². The van der Waals surface area contributed by atoms with Gasteiger partial charge in [0, 0.05) is 13.6 Å². The third-order valence-electron chi connectivity index (χ3n) is 4.72. The summed E-state index contributed by atoms with van der Waals surface area (Å²) in [5.74, 6) is 0.906. The fraction of sp³-hybridized carbons (Fsp3) is 0.190. The van der Waals surface area contributed by atoms with Crippen LogP contribution in [0.2, 0.25) is 0 Å². The fourth-order valence-corrected chi connectivity index (χ4v) is 4.27. The standard InChI is InChI=1S/C21H20N2O5S/c1-23(29(25,26)18-8-7-16-4-2-3-5-17(16)11-18)13-21(24)22-12-15-6-9-19-20(10-15)28-14-27-19/h2-11H,12-14H2,1H3,(H,22,24). The van der Waals surface area contributed by atoms with Gasteiger partial charge in [-0.1, -0.05) is 36.4 Å². The molecule has 3 aromatic rings. The Labute approximate surface area is 168 Å². The van der Waals surface area contributed by atoms with Crippen molar-refractivity contribution in [3.8, 4) is 11.5 Å². The lowest BCUT2D eigenvalue weighted by Gasteiger charge is -2.17. The first kappa shape index (κ1) is 19.2. The number of hydrogen-bond acceptors (Lipinski definition) is 5. The zero-order valence-corrected chi connectivity index (χ0v) is 16.6. The van der Waals surface area contributed by atoms with Crippen molar-refractivity contribution >= 4 is 26.7 Å². The number of nitrogens with zero attached hydrogens (tertiary/aromatic N) is 1. The van der Waals surface area contributed by atoms with Crippen molar-refractivity contribution in [1.29, 1.82) is 0 Å². The van der Waals surface area contributed by atoms with Crippen LogP contribution in [0.5, 0.6) is 11.5 Å². The number of benzene rings is 3. The maximum Gasteiger partial charge on any atom is 0.243 e. The van der Waals surface area contributed by atoms with E-state index in [4.69, 9.17) is 9.47 Å². The van der Waals surface area contributed by atoms with Gasteiger partial charge in [0.2, 0.25) is 22.7 Å². The first-order valence-corrected chi connectivity index (χ1v) is 10.5. The van der Waals surface area contributed by atoms with E-state index in [1.54, 1.807) is 30.3 Å². The zero-order chi connectivity index (χ0) is 20.4. The van der Waals surface area contributed by atoms with Crippen LogP contribution in [0.3, 0.4) is 0 Å². The van der Waals surface area contributed by atoms with E-state index in [2.05, 4.69) is 5.32 Å². The molecule has 0 bridgehead atoms. The van der Waals surface area contributed by atoms with Crippen LogP contribution in [0.15, 0.2) is 65.6 Å². The van der Waals surface area contributed by atoms with Gasteiger partial charge in [-0.25, -0.2) is 8.42 Å². The van der Waals surface area contributed by atoms with E-state index in [1.807, 2.05) is 30.3 Å². The molecule has 150 valence electrons. The van der Waals surface area contributed by atoms with Crippen LogP contribution in [-0.2, 0) is 21.4 Å². The van der Waals surface area contributed by atoms with E-state index in [0.717, 1.165) is 20.6 Å². The minimum atomic E-state index is -3.78. The molecule has 0 atom stereocenters. The molecule has 1 N–H and O–H groups in total. The van der Waals surface area contributed by atoms with Gasteiger partial charge in [-0.2, -0.15) is 4.31 Å². The number of carbonyl (C=O) groups excluding carboxylic acids is 1. The molecule has 0 radical (unpaired) electrons. The molecule has 0 unspecified atom stereocenters. The highest BCUT2D eigenvalue weighted by Gasteiger charge is 2.23. The Morgan fingerprint density at radius 1 is 1.00 bits per heavy atom. The van der Waals surface area contributed by atoms with Crippen molar-refractivity contribution in [1.82, 2.24) is 9.62 Å². The molecule has 0 aromatic heterocycles. The topological polar surface area (TPSA) is 84.9 Å². The third kappa shape index (κ3) is 4.03. The van der Waals surface area contributed by atoms with Gasteiger partial charge in [-0.15, -0.1) is 0 Å². The van der Waals surface area contributed by atoms with Crippen molar-refractivity contribution < 1.29 is 22.7 Å². The summed E-state index contributed by atoms with van der Waals surface area (Å²) >= 11 is 0. The lowest BCUT2D eigenvalue weighted by Crippen LogP contribution is -2.38. The summed E-state index contributed by atoms with van der Waals surface area (Å²) in [7, 11) is -2.39. The molecule has 4 rings (SSSR count). The highest BCUT2D eigenvalue weighted by Crippen LogP contribution is 2.32. The molecule has 0 saturated carbocycles. The Bertz CT molecular complexity index is 1180. The highest BCUT2D eigenvalue weighted by atomic mass is 32.2. The van der Waals surface area contributed by atoms with E-state index in [0.29, 0.717) is 11.5 Å². The van der Waals surface area contributed by atoms with Gasteiger partial charge < -0.3 is 14.8 Å². The fourth-order valence-electron chi connectivity index (χ4n) is 3.10. The molecule has 0 aliphatic carbocycles. The maximum absolute atomic E-state index is 12.8. The van der Waals surface area contributed by atoms with Crippen molar-refractivity contribution in [2.24, 2.45) is 0 Å². The molecule has 1 heterocycles. The van der Waals surface area contributed by atoms with Crippen LogP contribution in [0.1, 0.15) is 5.56 Å². The number of rotatable bonds is 6. The number of nitrogens with one attached hydrogen (secondary N) is 1. The number of carbonyl (C=O) groups is 1. The molecular weight excluding hydrogens is 392 g/mol. The average molecular weight is 412 g/mol. The van der Waals surface area contributed by atoms with E-state index >= 15 is 0 Å². The Balaban J connectivity index is 1.40. The minimum absolute atomic E-state index is 0.155. The lowest BCUT2D eigenvalue weighted by molar-refractivity contribution is -0.121. The highest BCUT2D eigenvalue weighted by molar-refractivity contribution is 7.89.